The Morgan fingerprint density at radius 1 is 1.00 bits per heavy atom. The molecule has 0 spiro atoms. The maximum absolute atomic E-state index is 13.6. The summed E-state index contributed by atoms with van der Waals surface area (Å²) in [5, 5.41) is 2.87. The van der Waals surface area contributed by atoms with Crippen LogP contribution < -0.4 is 14.4 Å². The molecule has 2 amide bonds. The van der Waals surface area contributed by atoms with Crippen LogP contribution in [-0.4, -0.2) is 63.7 Å². The minimum atomic E-state index is -3.76. The third-order valence-electron chi connectivity index (χ3n) is 5.53. The minimum Gasteiger partial charge on any atom is -0.494 e. The van der Waals surface area contributed by atoms with Gasteiger partial charge in [0.15, 0.2) is 0 Å². The molecule has 2 rings (SSSR count). The van der Waals surface area contributed by atoms with Crippen molar-refractivity contribution in [2.75, 3.05) is 36.8 Å². The van der Waals surface area contributed by atoms with E-state index in [-0.39, 0.29) is 5.91 Å². The molecule has 35 heavy (non-hydrogen) atoms. The SMILES string of the molecule is CCCNC(=O)C(CC)N(CCc1ccccc1)C(=O)CN(c1ccc(OCC)cc1)S(C)(=O)=O. The number of anilines is 1. The number of nitrogens with zero attached hydrogens (tertiary/aromatic N) is 2. The minimum absolute atomic E-state index is 0.234. The third kappa shape index (κ3) is 8.58. The lowest BCUT2D eigenvalue weighted by Gasteiger charge is -2.32. The Morgan fingerprint density at radius 3 is 2.20 bits per heavy atom. The molecule has 0 aliphatic rings. The zero-order chi connectivity index (χ0) is 25.8. The summed E-state index contributed by atoms with van der Waals surface area (Å²) in [6.07, 6.45) is 2.81. The summed E-state index contributed by atoms with van der Waals surface area (Å²) in [7, 11) is -3.76. The standard InChI is InChI=1S/C26H37N3O5S/c1-5-18-27-26(31)24(6-2)28(19-17-21-11-9-8-10-12-21)25(30)20-29(35(4,32)33)22-13-15-23(16-14-22)34-7-3/h8-16,24H,5-7,17-20H2,1-4H3,(H,27,31). The van der Waals surface area contributed by atoms with Crippen LogP contribution >= 0.6 is 0 Å². The molecular formula is C26H37N3O5S. The average Bonchev–Trinajstić information content (AvgIpc) is 2.84. The van der Waals surface area contributed by atoms with Gasteiger partial charge in [0.05, 0.1) is 18.6 Å². The fraction of sp³-hybridized carbons (Fsp3) is 0.462. The Kier molecular flexibility index (Phi) is 11.0. The summed E-state index contributed by atoms with van der Waals surface area (Å²) in [4.78, 5) is 28.0. The van der Waals surface area contributed by atoms with Crippen molar-refractivity contribution < 1.29 is 22.7 Å². The highest BCUT2D eigenvalue weighted by molar-refractivity contribution is 7.92. The largest absolute Gasteiger partial charge is 0.494 e. The van der Waals surface area contributed by atoms with Gasteiger partial charge in [-0.05, 0) is 56.0 Å². The number of sulfonamides is 1. The second-order valence-electron chi connectivity index (χ2n) is 8.23. The van der Waals surface area contributed by atoms with Crippen LogP contribution in [0.4, 0.5) is 5.69 Å². The number of nitrogens with one attached hydrogen (secondary N) is 1. The van der Waals surface area contributed by atoms with Crippen LogP contribution in [-0.2, 0) is 26.0 Å². The normalized spacial score (nSPS) is 12.0. The average molecular weight is 504 g/mol. The van der Waals surface area contributed by atoms with Crippen molar-refractivity contribution in [3.05, 3.63) is 60.2 Å². The highest BCUT2D eigenvalue weighted by atomic mass is 32.2. The molecule has 0 saturated carbocycles. The van der Waals surface area contributed by atoms with Crippen LogP contribution in [0.3, 0.4) is 0 Å². The highest BCUT2D eigenvalue weighted by Gasteiger charge is 2.31. The summed E-state index contributed by atoms with van der Waals surface area (Å²) < 4.78 is 31.8. The van der Waals surface area contributed by atoms with Gasteiger partial charge in [-0.15, -0.1) is 0 Å². The smallest absolute Gasteiger partial charge is 0.244 e. The number of carbonyl (C=O) groups is 2. The van der Waals surface area contributed by atoms with Gasteiger partial charge in [-0.1, -0.05) is 44.2 Å². The van der Waals surface area contributed by atoms with Gasteiger partial charge in [0.1, 0.15) is 18.3 Å². The lowest BCUT2D eigenvalue weighted by atomic mass is 10.1. The zero-order valence-electron chi connectivity index (χ0n) is 21.1. The number of benzene rings is 2. The monoisotopic (exact) mass is 503 g/mol. The summed E-state index contributed by atoms with van der Waals surface area (Å²) in [6, 6.07) is 15.5. The van der Waals surface area contributed by atoms with Crippen molar-refractivity contribution in [2.24, 2.45) is 0 Å². The van der Waals surface area contributed by atoms with Crippen LogP contribution in [0.25, 0.3) is 0 Å². The van der Waals surface area contributed by atoms with Crippen molar-refractivity contribution in [3.8, 4) is 5.75 Å². The van der Waals surface area contributed by atoms with E-state index in [0.717, 1.165) is 22.5 Å². The fourth-order valence-electron chi connectivity index (χ4n) is 3.75. The Labute approximate surface area is 209 Å². The van der Waals surface area contributed by atoms with E-state index in [1.165, 1.54) is 4.90 Å². The van der Waals surface area contributed by atoms with Gasteiger partial charge in [0.25, 0.3) is 0 Å². The molecule has 2 aromatic carbocycles. The molecule has 8 nitrogen and oxygen atoms in total. The Hall–Kier alpha value is -3.07. The van der Waals surface area contributed by atoms with E-state index in [0.29, 0.717) is 44.0 Å². The molecule has 1 N–H and O–H groups in total. The van der Waals surface area contributed by atoms with Crippen LogP contribution in [0.5, 0.6) is 5.75 Å². The molecule has 0 bridgehead atoms. The first kappa shape index (κ1) is 28.2. The van der Waals surface area contributed by atoms with Gasteiger partial charge >= 0.3 is 0 Å². The first-order valence-corrected chi connectivity index (χ1v) is 13.9. The van der Waals surface area contributed by atoms with Crippen LogP contribution in [0.15, 0.2) is 54.6 Å². The molecule has 2 aromatic rings. The van der Waals surface area contributed by atoms with E-state index >= 15 is 0 Å². The van der Waals surface area contributed by atoms with Crippen molar-refractivity contribution in [2.45, 2.75) is 46.1 Å². The van der Waals surface area contributed by atoms with E-state index < -0.39 is 28.5 Å². The maximum Gasteiger partial charge on any atom is 0.244 e. The van der Waals surface area contributed by atoms with E-state index in [1.54, 1.807) is 24.3 Å². The number of hydrogen-bond donors (Lipinski definition) is 1. The van der Waals surface area contributed by atoms with Gasteiger partial charge in [-0.2, -0.15) is 0 Å². The van der Waals surface area contributed by atoms with Crippen LogP contribution in [0.2, 0.25) is 0 Å². The van der Waals surface area contributed by atoms with Gasteiger partial charge in [0, 0.05) is 13.1 Å². The predicted octanol–water partition coefficient (Wildman–Crippen LogP) is 3.23. The van der Waals surface area contributed by atoms with Gasteiger partial charge in [0.2, 0.25) is 21.8 Å². The summed E-state index contributed by atoms with van der Waals surface area (Å²) in [6.45, 7) is 6.56. The third-order valence-corrected chi connectivity index (χ3v) is 6.67. The van der Waals surface area contributed by atoms with Gasteiger partial charge in [-0.25, -0.2) is 8.42 Å². The summed E-state index contributed by atoms with van der Waals surface area (Å²) in [5.74, 6) is -0.0550. The number of amides is 2. The molecular weight excluding hydrogens is 466 g/mol. The highest BCUT2D eigenvalue weighted by Crippen LogP contribution is 2.22. The second kappa shape index (κ2) is 13.7. The van der Waals surface area contributed by atoms with Crippen molar-refractivity contribution in [1.29, 1.82) is 0 Å². The van der Waals surface area contributed by atoms with Gasteiger partial charge in [-0.3, -0.25) is 13.9 Å². The molecule has 0 aromatic heterocycles. The van der Waals surface area contributed by atoms with Gasteiger partial charge < -0.3 is 15.0 Å². The quantitative estimate of drug-likeness (QED) is 0.427. The molecule has 0 fully saturated rings. The molecule has 0 aliphatic heterocycles. The molecule has 1 atom stereocenters. The molecule has 0 radical (unpaired) electrons. The van der Waals surface area contributed by atoms with E-state index in [9.17, 15) is 18.0 Å². The predicted molar refractivity (Wildman–Crippen MR) is 139 cm³/mol. The van der Waals surface area contributed by atoms with Crippen LogP contribution in [0.1, 0.15) is 39.2 Å². The number of ether oxygens (including phenoxy) is 1. The van der Waals surface area contributed by atoms with E-state index in [2.05, 4.69) is 5.32 Å². The van der Waals surface area contributed by atoms with Crippen LogP contribution in [0, 0.1) is 0 Å². The maximum atomic E-state index is 13.6. The van der Waals surface area contributed by atoms with Crippen molar-refractivity contribution in [3.63, 3.8) is 0 Å². The lowest BCUT2D eigenvalue weighted by Crippen LogP contribution is -2.53. The number of carbonyl (C=O) groups excluding carboxylic acids is 2. The number of hydrogen-bond acceptors (Lipinski definition) is 5. The molecule has 1 unspecified atom stereocenters. The fourth-order valence-corrected chi connectivity index (χ4v) is 4.60. The zero-order valence-corrected chi connectivity index (χ0v) is 21.9. The topological polar surface area (TPSA) is 96.0 Å². The first-order valence-electron chi connectivity index (χ1n) is 12.0. The summed E-state index contributed by atoms with van der Waals surface area (Å²) >= 11 is 0. The van der Waals surface area contributed by atoms with Crippen molar-refractivity contribution >= 4 is 27.5 Å². The first-order chi connectivity index (χ1) is 16.7. The van der Waals surface area contributed by atoms with Crippen molar-refractivity contribution in [1.82, 2.24) is 10.2 Å². The molecule has 0 saturated heterocycles. The molecule has 0 heterocycles. The Morgan fingerprint density at radius 2 is 1.66 bits per heavy atom. The van der Waals surface area contributed by atoms with E-state index in [1.807, 2.05) is 51.1 Å². The molecule has 0 aliphatic carbocycles. The Balaban J connectivity index is 2.32. The second-order valence-corrected chi connectivity index (χ2v) is 10.1. The molecule has 9 heteroatoms. The number of rotatable bonds is 14. The molecule has 192 valence electrons. The summed E-state index contributed by atoms with van der Waals surface area (Å²) in [5.41, 5.74) is 1.39. The van der Waals surface area contributed by atoms with E-state index in [4.69, 9.17) is 4.74 Å². The lowest BCUT2D eigenvalue weighted by molar-refractivity contribution is -0.139. The Bertz CT molecular complexity index is 1040.